The Labute approximate surface area is 168 Å². The van der Waals surface area contributed by atoms with Gasteiger partial charge in [-0.05, 0) is 49.3 Å². The molecular formula is C23H19N5O. The van der Waals surface area contributed by atoms with Crippen LogP contribution in [0.4, 0.5) is 0 Å². The number of amides is 1. The molecule has 2 saturated carbocycles. The maximum atomic E-state index is 13.2. The average Bonchev–Trinajstić information content (AvgIpc) is 3.64. The van der Waals surface area contributed by atoms with Gasteiger partial charge in [0, 0.05) is 17.7 Å². The molecule has 6 rings (SSSR count). The molecule has 0 radical (unpaired) electrons. The van der Waals surface area contributed by atoms with Crippen molar-refractivity contribution in [1.29, 1.82) is 5.26 Å². The zero-order chi connectivity index (χ0) is 19.6. The first kappa shape index (κ1) is 16.5. The van der Waals surface area contributed by atoms with E-state index < -0.39 is 0 Å². The summed E-state index contributed by atoms with van der Waals surface area (Å²) in [6, 6.07) is 15.8. The van der Waals surface area contributed by atoms with Crippen molar-refractivity contribution in [2.45, 2.75) is 37.1 Å². The molecule has 0 saturated heterocycles. The van der Waals surface area contributed by atoms with Gasteiger partial charge in [0.2, 0.25) is 0 Å². The number of aromatic nitrogens is 3. The van der Waals surface area contributed by atoms with E-state index in [0.29, 0.717) is 28.9 Å². The van der Waals surface area contributed by atoms with E-state index in [-0.39, 0.29) is 11.4 Å². The fourth-order valence-corrected chi connectivity index (χ4v) is 4.69. The minimum absolute atomic E-state index is 0.101. The number of fused-ring (bicyclic) bond motifs is 3. The summed E-state index contributed by atoms with van der Waals surface area (Å²) < 4.78 is 1.82. The van der Waals surface area contributed by atoms with Crippen molar-refractivity contribution >= 4 is 5.91 Å². The van der Waals surface area contributed by atoms with E-state index in [1.807, 2.05) is 22.9 Å². The molecule has 0 spiro atoms. The van der Waals surface area contributed by atoms with E-state index >= 15 is 0 Å². The van der Waals surface area contributed by atoms with E-state index in [2.05, 4.69) is 28.5 Å². The Balaban J connectivity index is 1.36. The van der Waals surface area contributed by atoms with Gasteiger partial charge in [-0.15, -0.1) is 0 Å². The maximum absolute atomic E-state index is 13.2. The Morgan fingerprint density at radius 3 is 2.72 bits per heavy atom. The Morgan fingerprint density at radius 1 is 1.21 bits per heavy atom. The lowest BCUT2D eigenvalue weighted by molar-refractivity contribution is 0.0924. The van der Waals surface area contributed by atoms with Crippen LogP contribution in [0.5, 0.6) is 0 Å². The number of carbonyl (C=O) groups is 1. The normalized spacial score (nSPS) is 22.3. The summed E-state index contributed by atoms with van der Waals surface area (Å²) in [5.74, 6) is 1.66. The second-order valence-electron chi connectivity index (χ2n) is 8.35. The van der Waals surface area contributed by atoms with Crippen LogP contribution in [0, 0.1) is 17.2 Å². The molecule has 1 N–H and O–H groups in total. The lowest BCUT2D eigenvalue weighted by Gasteiger charge is -2.17. The Hall–Kier alpha value is -3.46. The predicted molar refractivity (Wildman–Crippen MR) is 105 cm³/mol. The number of nitrogens with one attached hydrogen (secondary N) is 1. The number of pyridine rings is 1. The van der Waals surface area contributed by atoms with E-state index in [4.69, 9.17) is 10.4 Å². The average molecular weight is 381 g/mol. The van der Waals surface area contributed by atoms with Crippen molar-refractivity contribution in [3.8, 4) is 11.9 Å². The SMILES string of the molecule is N#Cc1ccc(-n2nc(C(=O)NC3(c4ccccc4)CC3)c3c2[C@@H]2C[C@@H]2C3)nc1. The number of benzene rings is 1. The third-order valence-electron chi connectivity index (χ3n) is 6.50. The van der Waals surface area contributed by atoms with Crippen molar-refractivity contribution in [3.63, 3.8) is 0 Å². The highest BCUT2D eigenvalue weighted by molar-refractivity contribution is 5.95. The molecule has 3 aliphatic rings. The fourth-order valence-electron chi connectivity index (χ4n) is 4.69. The van der Waals surface area contributed by atoms with Crippen molar-refractivity contribution in [3.05, 3.63) is 76.7 Å². The van der Waals surface area contributed by atoms with Crippen LogP contribution < -0.4 is 5.32 Å². The molecule has 142 valence electrons. The summed E-state index contributed by atoms with van der Waals surface area (Å²) in [7, 11) is 0. The lowest BCUT2D eigenvalue weighted by Crippen LogP contribution is -2.35. The minimum atomic E-state index is -0.261. The van der Waals surface area contributed by atoms with E-state index in [0.717, 1.165) is 42.5 Å². The molecule has 0 aliphatic heterocycles. The van der Waals surface area contributed by atoms with Crippen molar-refractivity contribution < 1.29 is 4.79 Å². The maximum Gasteiger partial charge on any atom is 0.272 e. The number of rotatable bonds is 4. The van der Waals surface area contributed by atoms with Crippen LogP contribution in [0.1, 0.15) is 58.1 Å². The fraction of sp³-hybridized carbons (Fsp3) is 0.304. The van der Waals surface area contributed by atoms with E-state index in [1.165, 1.54) is 0 Å². The van der Waals surface area contributed by atoms with Crippen LogP contribution in [-0.4, -0.2) is 20.7 Å². The molecule has 0 bridgehead atoms. The topological polar surface area (TPSA) is 83.6 Å². The number of carbonyl (C=O) groups excluding carboxylic acids is 1. The molecule has 6 nitrogen and oxygen atoms in total. The third-order valence-corrected chi connectivity index (χ3v) is 6.50. The van der Waals surface area contributed by atoms with Gasteiger partial charge < -0.3 is 5.32 Å². The molecule has 0 unspecified atom stereocenters. The van der Waals surface area contributed by atoms with Crippen LogP contribution in [0.3, 0.4) is 0 Å². The van der Waals surface area contributed by atoms with Gasteiger partial charge in [-0.2, -0.15) is 10.4 Å². The first-order valence-electron chi connectivity index (χ1n) is 10.0. The molecule has 2 heterocycles. The monoisotopic (exact) mass is 381 g/mol. The van der Waals surface area contributed by atoms with Gasteiger partial charge in [-0.3, -0.25) is 4.79 Å². The van der Waals surface area contributed by atoms with Gasteiger partial charge in [0.15, 0.2) is 11.5 Å². The Kier molecular flexibility index (Phi) is 3.28. The minimum Gasteiger partial charge on any atom is -0.341 e. The highest BCUT2D eigenvalue weighted by Crippen LogP contribution is 2.57. The molecule has 2 fully saturated rings. The summed E-state index contributed by atoms with van der Waals surface area (Å²) in [6.07, 6.45) is 5.53. The smallest absolute Gasteiger partial charge is 0.272 e. The summed E-state index contributed by atoms with van der Waals surface area (Å²) in [4.78, 5) is 17.7. The van der Waals surface area contributed by atoms with Gasteiger partial charge in [0.1, 0.15) is 6.07 Å². The highest BCUT2D eigenvalue weighted by atomic mass is 16.2. The van der Waals surface area contributed by atoms with Crippen LogP contribution in [0.2, 0.25) is 0 Å². The third kappa shape index (κ3) is 2.51. The standard InChI is InChI=1S/C23H19N5O/c24-12-14-6-7-19(25-13-14)28-21-17-10-15(17)11-18(21)20(27-28)22(29)26-23(8-9-23)16-4-2-1-3-5-16/h1-7,13,15,17H,8-11H2,(H,26,29)/t15-,17-/m1/s1. The molecule has 6 heteroatoms. The molecule has 2 atom stereocenters. The summed E-state index contributed by atoms with van der Waals surface area (Å²) in [5, 5.41) is 17.0. The molecular weight excluding hydrogens is 362 g/mol. The second-order valence-corrected chi connectivity index (χ2v) is 8.35. The van der Waals surface area contributed by atoms with Crippen LogP contribution in [-0.2, 0) is 12.0 Å². The molecule has 29 heavy (non-hydrogen) atoms. The number of hydrogen-bond acceptors (Lipinski definition) is 4. The van der Waals surface area contributed by atoms with Crippen molar-refractivity contribution in [2.75, 3.05) is 0 Å². The summed E-state index contributed by atoms with van der Waals surface area (Å²) in [5.41, 5.74) is 4.13. The molecule has 1 aromatic carbocycles. The molecule has 3 aliphatic carbocycles. The predicted octanol–water partition coefficient (Wildman–Crippen LogP) is 3.22. The van der Waals surface area contributed by atoms with Gasteiger partial charge in [0.25, 0.3) is 5.91 Å². The van der Waals surface area contributed by atoms with Gasteiger partial charge >= 0.3 is 0 Å². The van der Waals surface area contributed by atoms with Crippen LogP contribution in [0.15, 0.2) is 48.7 Å². The van der Waals surface area contributed by atoms with Crippen molar-refractivity contribution in [1.82, 2.24) is 20.1 Å². The quantitative estimate of drug-likeness (QED) is 0.752. The first-order valence-corrected chi connectivity index (χ1v) is 10.0. The molecule has 1 amide bonds. The van der Waals surface area contributed by atoms with Crippen molar-refractivity contribution in [2.24, 2.45) is 5.92 Å². The highest BCUT2D eigenvalue weighted by Gasteiger charge is 2.51. The van der Waals surface area contributed by atoms with Crippen LogP contribution >= 0.6 is 0 Å². The zero-order valence-electron chi connectivity index (χ0n) is 15.8. The van der Waals surface area contributed by atoms with E-state index in [1.54, 1.807) is 18.3 Å². The van der Waals surface area contributed by atoms with Crippen LogP contribution in [0.25, 0.3) is 5.82 Å². The Morgan fingerprint density at radius 2 is 2.03 bits per heavy atom. The van der Waals surface area contributed by atoms with Gasteiger partial charge in [-0.25, -0.2) is 9.67 Å². The first-order chi connectivity index (χ1) is 14.2. The molecule has 3 aromatic rings. The summed E-state index contributed by atoms with van der Waals surface area (Å²) >= 11 is 0. The number of nitrogens with zero attached hydrogens (tertiary/aromatic N) is 4. The largest absolute Gasteiger partial charge is 0.341 e. The molecule has 2 aromatic heterocycles. The lowest BCUT2D eigenvalue weighted by atomic mass is 10.0. The second kappa shape index (κ2) is 5.77. The zero-order valence-corrected chi connectivity index (χ0v) is 15.8. The number of hydrogen-bond donors (Lipinski definition) is 1. The van der Waals surface area contributed by atoms with Gasteiger partial charge in [-0.1, -0.05) is 30.3 Å². The Bertz CT molecular complexity index is 1170. The number of nitriles is 1. The van der Waals surface area contributed by atoms with E-state index in [9.17, 15) is 4.79 Å². The summed E-state index contributed by atoms with van der Waals surface area (Å²) in [6.45, 7) is 0. The van der Waals surface area contributed by atoms with Gasteiger partial charge in [0.05, 0.1) is 16.8 Å².